The second kappa shape index (κ2) is 4.36. The molecule has 0 fully saturated rings. The Bertz CT molecular complexity index is 593. The molecule has 2 heteroatoms. The van der Waals surface area contributed by atoms with Crippen LogP contribution in [-0.2, 0) is 0 Å². The molecular weight excluding hydrogens is 210 g/mol. The molecule has 0 atom stereocenters. The van der Waals surface area contributed by atoms with Gasteiger partial charge in [-0.05, 0) is 34.4 Å². The summed E-state index contributed by atoms with van der Waals surface area (Å²) in [5, 5.41) is 1.95. The molecule has 0 aliphatic rings. The summed E-state index contributed by atoms with van der Waals surface area (Å²) in [5.41, 5.74) is 2.40. The van der Waals surface area contributed by atoms with Crippen LogP contribution in [0.4, 0.5) is 0 Å². The van der Waals surface area contributed by atoms with Gasteiger partial charge in [0.2, 0.25) is 0 Å². The van der Waals surface area contributed by atoms with Gasteiger partial charge in [-0.2, -0.15) is 0 Å². The van der Waals surface area contributed by atoms with Crippen LogP contribution in [0, 0.1) is 0 Å². The Morgan fingerprint density at radius 2 is 1.53 bits per heavy atom. The molecule has 0 radical (unpaired) electrons. The molecule has 90 valence electrons. The first kappa shape index (κ1) is 11.9. The summed E-state index contributed by atoms with van der Waals surface area (Å²) < 4.78 is 0. The van der Waals surface area contributed by atoms with Crippen LogP contribution in [0.5, 0.6) is 0 Å². The molecular formula is C15H19NO. The molecule has 1 heterocycles. The minimum absolute atomic E-state index is 0.0219. The molecule has 0 saturated carbocycles. The predicted octanol–water partition coefficient (Wildman–Crippen LogP) is 3.77. The Kier molecular flexibility index (Phi) is 3.05. The van der Waals surface area contributed by atoms with E-state index in [1.54, 1.807) is 6.20 Å². The Morgan fingerprint density at radius 1 is 0.941 bits per heavy atom. The molecule has 2 nitrogen and oxygen atoms in total. The number of hydrogen-bond donors (Lipinski definition) is 1. The quantitative estimate of drug-likeness (QED) is 0.835. The number of rotatable bonds is 2. The number of hydrogen-bond acceptors (Lipinski definition) is 1. The average Bonchev–Trinajstić information content (AvgIpc) is 2.27. The topological polar surface area (TPSA) is 32.9 Å². The molecule has 0 spiro atoms. The lowest BCUT2D eigenvalue weighted by molar-refractivity contribution is 0.857. The smallest absolute Gasteiger partial charge is 0.256 e. The summed E-state index contributed by atoms with van der Waals surface area (Å²) in [7, 11) is 0. The molecule has 1 aromatic carbocycles. The van der Waals surface area contributed by atoms with E-state index in [0.29, 0.717) is 11.8 Å². The monoisotopic (exact) mass is 229 g/mol. The van der Waals surface area contributed by atoms with Crippen LogP contribution in [0.2, 0.25) is 0 Å². The molecule has 0 aliphatic heterocycles. The van der Waals surface area contributed by atoms with Crippen molar-refractivity contribution in [2.24, 2.45) is 0 Å². The van der Waals surface area contributed by atoms with Gasteiger partial charge in [-0.1, -0.05) is 39.8 Å². The van der Waals surface area contributed by atoms with Crippen molar-refractivity contribution in [2.45, 2.75) is 39.5 Å². The number of nitrogens with one attached hydrogen (secondary N) is 1. The van der Waals surface area contributed by atoms with E-state index in [9.17, 15) is 4.79 Å². The molecule has 2 rings (SSSR count). The van der Waals surface area contributed by atoms with Gasteiger partial charge in [0.25, 0.3) is 5.56 Å². The second-order valence-corrected chi connectivity index (χ2v) is 5.15. The Hall–Kier alpha value is -1.57. The van der Waals surface area contributed by atoms with Crippen LogP contribution < -0.4 is 5.56 Å². The largest absolute Gasteiger partial charge is 0.329 e. The fourth-order valence-electron chi connectivity index (χ4n) is 2.34. The summed E-state index contributed by atoms with van der Waals surface area (Å²) >= 11 is 0. The highest BCUT2D eigenvalue weighted by molar-refractivity contribution is 5.88. The molecule has 0 bridgehead atoms. The maximum atomic E-state index is 12.0. The zero-order valence-corrected chi connectivity index (χ0v) is 10.9. The Morgan fingerprint density at radius 3 is 2.12 bits per heavy atom. The third kappa shape index (κ3) is 1.99. The van der Waals surface area contributed by atoms with Crippen molar-refractivity contribution >= 4 is 10.8 Å². The van der Waals surface area contributed by atoms with Crippen LogP contribution >= 0.6 is 0 Å². The maximum absolute atomic E-state index is 12.0. The van der Waals surface area contributed by atoms with Gasteiger partial charge in [0.15, 0.2) is 0 Å². The van der Waals surface area contributed by atoms with Crippen molar-refractivity contribution in [3.8, 4) is 0 Å². The first-order chi connectivity index (χ1) is 8.02. The maximum Gasteiger partial charge on any atom is 0.256 e. The fraction of sp³-hybridized carbons (Fsp3) is 0.400. The molecule has 17 heavy (non-hydrogen) atoms. The van der Waals surface area contributed by atoms with Crippen molar-refractivity contribution in [3.63, 3.8) is 0 Å². The lowest BCUT2D eigenvalue weighted by atomic mass is 9.90. The first-order valence-corrected chi connectivity index (χ1v) is 6.16. The van der Waals surface area contributed by atoms with Gasteiger partial charge < -0.3 is 4.98 Å². The summed E-state index contributed by atoms with van der Waals surface area (Å²) in [4.78, 5) is 14.8. The highest BCUT2D eigenvalue weighted by atomic mass is 16.1. The average molecular weight is 229 g/mol. The number of aromatic amines is 1. The molecule has 2 aromatic rings. The van der Waals surface area contributed by atoms with E-state index < -0.39 is 0 Å². The van der Waals surface area contributed by atoms with Crippen LogP contribution in [0.1, 0.15) is 50.7 Å². The molecule has 0 saturated heterocycles. The normalized spacial score (nSPS) is 11.6. The van der Waals surface area contributed by atoms with E-state index >= 15 is 0 Å². The van der Waals surface area contributed by atoms with Gasteiger partial charge >= 0.3 is 0 Å². The van der Waals surface area contributed by atoms with Gasteiger partial charge in [0.05, 0.1) is 5.39 Å². The summed E-state index contributed by atoms with van der Waals surface area (Å²) in [6.45, 7) is 8.56. The summed E-state index contributed by atoms with van der Waals surface area (Å²) in [5.74, 6) is 0.794. The molecule has 0 aliphatic carbocycles. The lowest BCUT2D eigenvalue weighted by Crippen LogP contribution is -2.09. The lowest BCUT2D eigenvalue weighted by Gasteiger charge is -2.14. The minimum Gasteiger partial charge on any atom is -0.329 e. The number of H-pyrrole nitrogens is 1. The van der Waals surface area contributed by atoms with Gasteiger partial charge in [-0.3, -0.25) is 4.79 Å². The van der Waals surface area contributed by atoms with Crippen molar-refractivity contribution in [1.82, 2.24) is 4.98 Å². The number of benzene rings is 1. The molecule has 1 N–H and O–H groups in total. The standard InChI is InChI=1S/C15H19NO/c1-9(2)11-5-6-12(10(3)4)14-13(11)7-8-16-15(14)17/h5-10H,1-4H3,(H,16,17). The third-order valence-corrected chi connectivity index (χ3v) is 3.25. The van der Waals surface area contributed by atoms with Gasteiger partial charge in [0, 0.05) is 6.20 Å². The SMILES string of the molecule is CC(C)c1ccc(C(C)C)c2c(=O)[nH]ccc12. The Labute approximate surface area is 102 Å². The second-order valence-electron chi connectivity index (χ2n) is 5.15. The van der Waals surface area contributed by atoms with Gasteiger partial charge in [-0.25, -0.2) is 0 Å². The van der Waals surface area contributed by atoms with Crippen molar-refractivity contribution in [1.29, 1.82) is 0 Å². The number of aromatic nitrogens is 1. The third-order valence-electron chi connectivity index (χ3n) is 3.25. The predicted molar refractivity (Wildman–Crippen MR) is 72.7 cm³/mol. The van der Waals surface area contributed by atoms with Gasteiger partial charge in [0.1, 0.15) is 0 Å². The van der Waals surface area contributed by atoms with Crippen molar-refractivity contribution in [2.75, 3.05) is 0 Å². The van der Waals surface area contributed by atoms with E-state index in [4.69, 9.17) is 0 Å². The van der Waals surface area contributed by atoms with Crippen molar-refractivity contribution < 1.29 is 0 Å². The first-order valence-electron chi connectivity index (χ1n) is 6.16. The van der Waals surface area contributed by atoms with Crippen LogP contribution in [0.15, 0.2) is 29.2 Å². The van der Waals surface area contributed by atoms with Gasteiger partial charge in [-0.15, -0.1) is 0 Å². The number of pyridine rings is 1. The van der Waals surface area contributed by atoms with E-state index in [2.05, 4.69) is 44.8 Å². The summed E-state index contributed by atoms with van der Waals surface area (Å²) in [6, 6.07) is 6.26. The highest BCUT2D eigenvalue weighted by Crippen LogP contribution is 2.29. The van der Waals surface area contributed by atoms with Crippen LogP contribution in [0.3, 0.4) is 0 Å². The molecule has 0 unspecified atom stereocenters. The van der Waals surface area contributed by atoms with E-state index in [1.165, 1.54) is 5.56 Å². The zero-order valence-electron chi connectivity index (χ0n) is 10.9. The van der Waals surface area contributed by atoms with Crippen LogP contribution in [-0.4, -0.2) is 4.98 Å². The van der Waals surface area contributed by atoms with Crippen molar-refractivity contribution in [3.05, 3.63) is 45.9 Å². The Balaban J connectivity index is 2.91. The summed E-state index contributed by atoms with van der Waals surface area (Å²) in [6.07, 6.45) is 1.74. The van der Waals surface area contributed by atoms with Crippen LogP contribution in [0.25, 0.3) is 10.8 Å². The molecule has 0 amide bonds. The fourth-order valence-corrected chi connectivity index (χ4v) is 2.34. The molecule has 1 aromatic heterocycles. The highest BCUT2D eigenvalue weighted by Gasteiger charge is 2.13. The number of fused-ring (bicyclic) bond motifs is 1. The minimum atomic E-state index is 0.0219. The van der Waals surface area contributed by atoms with E-state index in [1.807, 2.05) is 6.07 Å². The van der Waals surface area contributed by atoms with E-state index in [-0.39, 0.29) is 5.56 Å². The van der Waals surface area contributed by atoms with E-state index in [0.717, 1.165) is 16.3 Å². The zero-order chi connectivity index (χ0) is 12.6.